The molecule has 2 aromatic rings. The first-order valence-corrected chi connectivity index (χ1v) is 5.81. The van der Waals surface area contributed by atoms with E-state index in [-0.39, 0.29) is 12.5 Å². The Morgan fingerprint density at radius 2 is 2.26 bits per heavy atom. The number of nitrogens with one attached hydrogen (secondary N) is 1. The summed E-state index contributed by atoms with van der Waals surface area (Å²) in [6, 6.07) is 10.9. The van der Waals surface area contributed by atoms with Crippen molar-refractivity contribution in [3.63, 3.8) is 0 Å². The first-order chi connectivity index (χ1) is 9.10. The average molecular weight is 254 g/mol. The van der Waals surface area contributed by atoms with Crippen molar-refractivity contribution in [2.75, 3.05) is 11.1 Å². The highest BCUT2D eigenvalue weighted by Gasteiger charge is 2.08. The summed E-state index contributed by atoms with van der Waals surface area (Å²) >= 11 is 0. The number of nitrogen functional groups attached to an aromatic ring is 1. The zero-order valence-corrected chi connectivity index (χ0v) is 10.6. The Kier molecular flexibility index (Phi) is 3.53. The van der Waals surface area contributed by atoms with E-state index < -0.39 is 0 Å². The fourth-order valence-corrected chi connectivity index (χ4v) is 1.79. The minimum absolute atomic E-state index is 0.0865. The maximum absolute atomic E-state index is 11.9. The molecule has 0 aliphatic heterocycles. The zero-order chi connectivity index (χ0) is 13.8. The maximum atomic E-state index is 11.9. The van der Waals surface area contributed by atoms with Gasteiger partial charge < -0.3 is 15.6 Å². The number of nitrogens with two attached hydrogens (primary N) is 1. The molecule has 0 bridgehead atoms. The third kappa shape index (κ3) is 2.93. The summed E-state index contributed by atoms with van der Waals surface area (Å²) in [7, 11) is 0. The minimum atomic E-state index is -0.219. The van der Waals surface area contributed by atoms with Gasteiger partial charge in [-0.15, -0.1) is 0 Å². The summed E-state index contributed by atoms with van der Waals surface area (Å²) in [5, 5.41) is 11.6. The Balaban J connectivity index is 2.08. The molecule has 0 aliphatic rings. The second-order valence-electron chi connectivity index (χ2n) is 4.27. The van der Waals surface area contributed by atoms with Crippen LogP contribution in [0.1, 0.15) is 11.3 Å². The van der Waals surface area contributed by atoms with E-state index in [0.717, 1.165) is 5.56 Å². The Bertz CT molecular complexity index is 652. The van der Waals surface area contributed by atoms with Gasteiger partial charge in [0.1, 0.15) is 18.3 Å². The summed E-state index contributed by atoms with van der Waals surface area (Å²) in [5.74, 6) is -0.219. The van der Waals surface area contributed by atoms with Gasteiger partial charge in [0.25, 0.3) is 0 Å². The molecular weight excluding hydrogens is 240 g/mol. The fourth-order valence-electron chi connectivity index (χ4n) is 1.79. The predicted octanol–water partition coefficient (Wildman–Crippen LogP) is 1.89. The standard InChI is InChI=1S/C14H14N4O/c1-10-4-5-13(12(16)7-10)17-14(19)9-18-6-2-3-11(18)8-15/h2-7H,9,16H2,1H3,(H,17,19). The van der Waals surface area contributed by atoms with E-state index in [2.05, 4.69) is 5.32 Å². The first kappa shape index (κ1) is 12.7. The molecule has 96 valence electrons. The molecule has 1 amide bonds. The molecule has 1 aromatic carbocycles. The molecule has 0 radical (unpaired) electrons. The molecule has 0 unspecified atom stereocenters. The lowest BCUT2D eigenvalue weighted by molar-refractivity contribution is -0.116. The molecule has 19 heavy (non-hydrogen) atoms. The van der Waals surface area contributed by atoms with Gasteiger partial charge in [-0.1, -0.05) is 6.07 Å². The number of aryl methyl sites for hydroxylation is 1. The van der Waals surface area contributed by atoms with Crippen LogP contribution in [-0.2, 0) is 11.3 Å². The summed E-state index contributed by atoms with van der Waals surface area (Å²) < 4.78 is 1.58. The van der Waals surface area contributed by atoms with Crippen molar-refractivity contribution >= 4 is 17.3 Å². The number of hydrogen-bond donors (Lipinski definition) is 2. The normalized spacial score (nSPS) is 9.89. The van der Waals surface area contributed by atoms with E-state index in [4.69, 9.17) is 11.0 Å². The molecule has 0 spiro atoms. The molecule has 0 saturated heterocycles. The van der Waals surface area contributed by atoms with Crippen LogP contribution in [0, 0.1) is 18.3 Å². The molecule has 5 heteroatoms. The minimum Gasteiger partial charge on any atom is -0.397 e. The molecule has 0 saturated carbocycles. The molecular formula is C14H14N4O. The van der Waals surface area contributed by atoms with Crippen LogP contribution in [0.15, 0.2) is 36.5 Å². The Labute approximate surface area is 111 Å². The van der Waals surface area contributed by atoms with Crippen molar-refractivity contribution in [3.8, 4) is 6.07 Å². The van der Waals surface area contributed by atoms with Gasteiger partial charge in [-0.25, -0.2) is 0 Å². The van der Waals surface area contributed by atoms with Crippen molar-refractivity contribution in [2.45, 2.75) is 13.5 Å². The van der Waals surface area contributed by atoms with Gasteiger partial charge >= 0.3 is 0 Å². The summed E-state index contributed by atoms with van der Waals surface area (Å²) in [6.07, 6.45) is 1.69. The number of amides is 1. The average Bonchev–Trinajstić information content (AvgIpc) is 2.80. The third-order valence-electron chi connectivity index (χ3n) is 2.74. The highest BCUT2D eigenvalue weighted by Crippen LogP contribution is 2.19. The van der Waals surface area contributed by atoms with Crippen LogP contribution in [0.5, 0.6) is 0 Å². The van der Waals surface area contributed by atoms with Crippen LogP contribution in [-0.4, -0.2) is 10.5 Å². The van der Waals surface area contributed by atoms with Crippen molar-refractivity contribution in [3.05, 3.63) is 47.8 Å². The summed E-state index contributed by atoms with van der Waals surface area (Å²) in [4.78, 5) is 11.9. The molecule has 0 aliphatic carbocycles. The molecule has 0 atom stereocenters. The molecule has 5 nitrogen and oxygen atoms in total. The van der Waals surface area contributed by atoms with E-state index in [1.54, 1.807) is 35.0 Å². The number of anilines is 2. The number of aromatic nitrogens is 1. The van der Waals surface area contributed by atoms with Crippen LogP contribution in [0.25, 0.3) is 0 Å². The molecule has 1 aromatic heterocycles. The lowest BCUT2D eigenvalue weighted by Gasteiger charge is -2.09. The van der Waals surface area contributed by atoms with Gasteiger partial charge in [-0.2, -0.15) is 5.26 Å². The van der Waals surface area contributed by atoms with Gasteiger partial charge in [-0.05, 0) is 36.8 Å². The van der Waals surface area contributed by atoms with E-state index in [9.17, 15) is 4.79 Å². The largest absolute Gasteiger partial charge is 0.397 e. The Morgan fingerprint density at radius 1 is 1.47 bits per heavy atom. The second-order valence-corrected chi connectivity index (χ2v) is 4.27. The number of hydrogen-bond acceptors (Lipinski definition) is 3. The van der Waals surface area contributed by atoms with Gasteiger partial charge in [-0.3, -0.25) is 4.79 Å². The van der Waals surface area contributed by atoms with Crippen LogP contribution in [0.3, 0.4) is 0 Å². The van der Waals surface area contributed by atoms with Crippen molar-refractivity contribution < 1.29 is 4.79 Å². The molecule has 0 fully saturated rings. The van der Waals surface area contributed by atoms with Crippen LogP contribution < -0.4 is 11.1 Å². The number of nitriles is 1. The van der Waals surface area contributed by atoms with Gasteiger partial charge in [0.15, 0.2) is 0 Å². The lowest BCUT2D eigenvalue weighted by Crippen LogP contribution is -2.19. The lowest BCUT2D eigenvalue weighted by atomic mass is 10.2. The molecule has 2 rings (SSSR count). The van der Waals surface area contributed by atoms with Gasteiger partial charge in [0.05, 0.1) is 11.4 Å². The second kappa shape index (κ2) is 5.27. The zero-order valence-electron chi connectivity index (χ0n) is 10.6. The number of rotatable bonds is 3. The number of carbonyl (C=O) groups excluding carboxylic acids is 1. The Morgan fingerprint density at radius 3 is 2.95 bits per heavy atom. The summed E-state index contributed by atoms with van der Waals surface area (Å²) in [6.45, 7) is 2.02. The fraction of sp³-hybridized carbons (Fsp3) is 0.143. The van der Waals surface area contributed by atoms with Crippen LogP contribution in [0.2, 0.25) is 0 Å². The highest BCUT2D eigenvalue weighted by molar-refractivity contribution is 5.93. The topological polar surface area (TPSA) is 83.8 Å². The van der Waals surface area contributed by atoms with E-state index in [0.29, 0.717) is 17.1 Å². The first-order valence-electron chi connectivity index (χ1n) is 5.81. The number of nitrogens with zero attached hydrogens (tertiary/aromatic N) is 2. The molecule has 1 heterocycles. The third-order valence-corrected chi connectivity index (χ3v) is 2.74. The SMILES string of the molecule is Cc1ccc(NC(=O)Cn2cccc2C#N)c(N)c1. The number of benzene rings is 1. The van der Waals surface area contributed by atoms with Gasteiger partial charge in [0, 0.05) is 6.20 Å². The highest BCUT2D eigenvalue weighted by atomic mass is 16.1. The van der Waals surface area contributed by atoms with E-state index >= 15 is 0 Å². The Hall–Kier alpha value is -2.74. The van der Waals surface area contributed by atoms with Crippen molar-refractivity contribution in [2.24, 2.45) is 0 Å². The quantitative estimate of drug-likeness (QED) is 0.820. The summed E-state index contributed by atoms with van der Waals surface area (Å²) in [5.41, 5.74) is 8.42. The monoisotopic (exact) mass is 254 g/mol. The number of carbonyl (C=O) groups is 1. The van der Waals surface area contributed by atoms with E-state index in [1.807, 2.05) is 19.1 Å². The van der Waals surface area contributed by atoms with E-state index in [1.165, 1.54) is 0 Å². The molecule has 3 N–H and O–H groups in total. The van der Waals surface area contributed by atoms with Crippen LogP contribution in [0.4, 0.5) is 11.4 Å². The smallest absolute Gasteiger partial charge is 0.244 e. The predicted molar refractivity (Wildman–Crippen MR) is 73.4 cm³/mol. The van der Waals surface area contributed by atoms with Crippen molar-refractivity contribution in [1.29, 1.82) is 5.26 Å². The van der Waals surface area contributed by atoms with Crippen LogP contribution >= 0.6 is 0 Å². The van der Waals surface area contributed by atoms with Gasteiger partial charge in [0.2, 0.25) is 5.91 Å². The van der Waals surface area contributed by atoms with Crippen molar-refractivity contribution in [1.82, 2.24) is 4.57 Å². The maximum Gasteiger partial charge on any atom is 0.244 e.